The molecule has 2 nitrogen and oxygen atoms in total. The van der Waals surface area contributed by atoms with E-state index in [-0.39, 0.29) is 0 Å². The van der Waals surface area contributed by atoms with E-state index in [1.807, 2.05) is 33.8 Å². The van der Waals surface area contributed by atoms with E-state index in [1.165, 1.54) is 11.1 Å². The maximum atomic E-state index is 5.25. The largest absolute Gasteiger partial charge is 0.497 e. The number of hydrogen-bond acceptors (Lipinski definition) is 2. The van der Waals surface area contributed by atoms with Crippen LogP contribution in [0.1, 0.15) is 51.3 Å². The number of rotatable bonds is 3. The van der Waals surface area contributed by atoms with E-state index in [0.717, 1.165) is 18.6 Å². The highest BCUT2D eigenvalue weighted by Crippen LogP contribution is 2.33. The molecule has 0 amide bonds. The number of ether oxygens (including phenoxy) is 1. The van der Waals surface area contributed by atoms with Crippen LogP contribution in [-0.2, 0) is 6.42 Å². The fourth-order valence-corrected chi connectivity index (χ4v) is 2.10. The minimum absolute atomic E-state index is 0.395. The van der Waals surface area contributed by atoms with Crippen LogP contribution < -0.4 is 10.1 Å². The zero-order valence-corrected chi connectivity index (χ0v) is 12.9. The van der Waals surface area contributed by atoms with Gasteiger partial charge in [-0.3, -0.25) is 5.32 Å². The van der Waals surface area contributed by atoms with Gasteiger partial charge < -0.3 is 4.74 Å². The second kappa shape index (κ2) is 10.5. The number of aryl methyl sites for hydroxylation is 1. The third-order valence-electron chi connectivity index (χ3n) is 2.88. The Balaban J connectivity index is 0.000000741. The van der Waals surface area contributed by atoms with Crippen molar-refractivity contribution in [2.45, 2.75) is 46.6 Å². The first-order valence-corrected chi connectivity index (χ1v) is 7.19. The zero-order chi connectivity index (χ0) is 14.7. The summed E-state index contributed by atoms with van der Waals surface area (Å²) in [5.41, 5.74) is 2.75. The molecule has 1 aliphatic rings. The third-order valence-corrected chi connectivity index (χ3v) is 2.88. The Hall–Kier alpha value is -1.46. The molecule has 19 heavy (non-hydrogen) atoms. The molecular weight excluding hydrogens is 234 g/mol. The van der Waals surface area contributed by atoms with Crippen molar-refractivity contribution in [2.75, 3.05) is 13.7 Å². The number of fused-ring (bicyclic) bond motifs is 1. The van der Waals surface area contributed by atoms with Crippen LogP contribution >= 0.6 is 0 Å². The van der Waals surface area contributed by atoms with E-state index in [1.54, 1.807) is 7.11 Å². The number of benzene rings is 1. The van der Waals surface area contributed by atoms with Crippen molar-refractivity contribution < 1.29 is 4.74 Å². The molecule has 0 spiro atoms. The lowest BCUT2D eigenvalue weighted by atomic mass is 10.1. The summed E-state index contributed by atoms with van der Waals surface area (Å²) >= 11 is 0. The predicted molar refractivity (Wildman–Crippen MR) is 83.6 cm³/mol. The first-order valence-electron chi connectivity index (χ1n) is 7.19. The van der Waals surface area contributed by atoms with Crippen LogP contribution in [0.15, 0.2) is 18.2 Å². The van der Waals surface area contributed by atoms with Gasteiger partial charge in [0.2, 0.25) is 0 Å². The molecule has 0 aromatic heterocycles. The molecule has 0 heterocycles. The summed E-state index contributed by atoms with van der Waals surface area (Å²) in [5.74, 6) is 3.53. The quantitative estimate of drug-likeness (QED) is 0.832. The van der Waals surface area contributed by atoms with Crippen molar-refractivity contribution in [1.82, 2.24) is 5.32 Å². The Bertz CT molecular complexity index is 393. The fourth-order valence-electron chi connectivity index (χ4n) is 2.10. The minimum Gasteiger partial charge on any atom is -0.497 e. The molecule has 1 aromatic carbocycles. The smallest absolute Gasteiger partial charge is 0.119 e. The Kier molecular flexibility index (Phi) is 9.66. The van der Waals surface area contributed by atoms with Gasteiger partial charge >= 0.3 is 0 Å². The Morgan fingerprint density at radius 2 is 2.00 bits per heavy atom. The molecule has 1 N–H and O–H groups in total. The lowest BCUT2D eigenvalue weighted by molar-refractivity contribution is 0.413. The molecule has 0 saturated carbocycles. The Morgan fingerprint density at radius 1 is 1.32 bits per heavy atom. The van der Waals surface area contributed by atoms with Crippen molar-refractivity contribution >= 4 is 0 Å². The molecule has 0 radical (unpaired) electrons. The number of hydrogen-bond donors (Lipinski definition) is 1. The van der Waals surface area contributed by atoms with Gasteiger partial charge in [-0.1, -0.05) is 39.7 Å². The number of methoxy groups -OCH3 is 1. The molecule has 0 aliphatic heterocycles. The monoisotopic (exact) mass is 261 g/mol. The van der Waals surface area contributed by atoms with Crippen LogP contribution in [0.25, 0.3) is 0 Å². The van der Waals surface area contributed by atoms with E-state index in [4.69, 9.17) is 11.2 Å². The van der Waals surface area contributed by atoms with Gasteiger partial charge in [-0.2, -0.15) is 0 Å². The molecular formula is C17H27NO. The molecule has 2 rings (SSSR count). The maximum Gasteiger partial charge on any atom is 0.119 e. The van der Waals surface area contributed by atoms with Gasteiger partial charge in [-0.05, 0) is 36.1 Å². The van der Waals surface area contributed by atoms with Crippen LogP contribution in [0.2, 0.25) is 0 Å². The molecule has 0 saturated heterocycles. The standard InChI is InChI=1S/C13H15NO.2C2H6/c1-3-8-14-13-7-5-10-4-6-11(15-2)9-12(10)13;2*1-2/h1,4,6,9,13-14H,5,7-8H2,2H3;2*1-2H3/t13-;;/m1../s1. The van der Waals surface area contributed by atoms with Crippen molar-refractivity contribution in [3.63, 3.8) is 0 Å². The van der Waals surface area contributed by atoms with Gasteiger partial charge in [-0.25, -0.2) is 0 Å². The second-order valence-electron chi connectivity index (χ2n) is 3.74. The Morgan fingerprint density at radius 3 is 2.58 bits per heavy atom. The normalized spacial score (nSPS) is 15.1. The van der Waals surface area contributed by atoms with Gasteiger partial charge in [0.25, 0.3) is 0 Å². The molecule has 0 unspecified atom stereocenters. The van der Waals surface area contributed by atoms with Gasteiger partial charge in [0.05, 0.1) is 13.7 Å². The predicted octanol–water partition coefficient (Wildman–Crippen LogP) is 3.96. The zero-order valence-electron chi connectivity index (χ0n) is 12.9. The van der Waals surface area contributed by atoms with Gasteiger partial charge in [0, 0.05) is 6.04 Å². The summed E-state index contributed by atoms with van der Waals surface area (Å²) < 4.78 is 5.22. The molecule has 1 aromatic rings. The maximum absolute atomic E-state index is 5.25. The van der Waals surface area contributed by atoms with E-state index in [0.29, 0.717) is 12.6 Å². The summed E-state index contributed by atoms with van der Waals surface area (Å²) in [4.78, 5) is 0. The van der Waals surface area contributed by atoms with E-state index in [9.17, 15) is 0 Å². The highest BCUT2D eigenvalue weighted by Gasteiger charge is 2.21. The first kappa shape index (κ1) is 17.5. The van der Waals surface area contributed by atoms with Crippen LogP contribution in [0, 0.1) is 12.3 Å². The summed E-state index contributed by atoms with van der Waals surface area (Å²) in [7, 11) is 1.69. The van der Waals surface area contributed by atoms with E-state index >= 15 is 0 Å². The van der Waals surface area contributed by atoms with E-state index in [2.05, 4.69) is 23.4 Å². The molecule has 1 aliphatic carbocycles. The van der Waals surface area contributed by atoms with Crippen molar-refractivity contribution in [1.29, 1.82) is 0 Å². The summed E-state index contributed by atoms with van der Waals surface area (Å²) in [6, 6.07) is 6.66. The van der Waals surface area contributed by atoms with Gasteiger partial charge in [0.15, 0.2) is 0 Å². The van der Waals surface area contributed by atoms with Crippen molar-refractivity contribution in [2.24, 2.45) is 0 Å². The number of terminal acetylenes is 1. The highest BCUT2D eigenvalue weighted by atomic mass is 16.5. The van der Waals surface area contributed by atoms with E-state index < -0.39 is 0 Å². The number of nitrogens with one attached hydrogen (secondary N) is 1. The van der Waals surface area contributed by atoms with Crippen LogP contribution in [-0.4, -0.2) is 13.7 Å². The molecule has 0 bridgehead atoms. The topological polar surface area (TPSA) is 21.3 Å². The molecule has 2 heteroatoms. The summed E-state index contributed by atoms with van der Waals surface area (Å²) in [5, 5.41) is 3.35. The summed E-state index contributed by atoms with van der Waals surface area (Å²) in [6.07, 6.45) is 7.50. The van der Waals surface area contributed by atoms with Crippen molar-refractivity contribution in [3.8, 4) is 18.1 Å². The van der Waals surface area contributed by atoms with Gasteiger partial charge in [-0.15, -0.1) is 6.42 Å². The SMILES string of the molecule is C#CCN[C@@H]1CCc2ccc(OC)cc21.CC.CC. The lowest BCUT2D eigenvalue weighted by Crippen LogP contribution is -2.19. The van der Waals surface area contributed by atoms with Gasteiger partial charge in [0.1, 0.15) is 5.75 Å². The van der Waals surface area contributed by atoms with Crippen LogP contribution in [0.5, 0.6) is 5.75 Å². The second-order valence-corrected chi connectivity index (χ2v) is 3.74. The lowest BCUT2D eigenvalue weighted by Gasteiger charge is -2.12. The minimum atomic E-state index is 0.395. The molecule has 1 atom stereocenters. The Labute approximate surface area is 118 Å². The molecule has 106 valence electrons. The fraction of sp³-hybridized carbons (Fsp3) is 0.529. The first-order chi connectivity index (χ1) is 9.35. The van der Waals surface area contributed by atoms with Crippen molar-refractivity contribution in [3.05, 3.63) is 29.3 Å². The molecule has 0 fully saturated rings. The van der Waals surface area contributed by atoms with Crippen LogP contribution in [0.4, 0.5) is 0 Å². The van der Waals surface area contributed by atoms with Crippen LogP contribution in [0.3, 0.4) is 0 Å². The average Bonchev–Trinajstić information content (AvgIpc) is 2.91. The summed E-state index contributed by atoms with van der Waals surface area (Å²) in [6.45, 7) is 8.63. The average molecular weight is 261 g/mol. The highest BCUT2D eigenvalue weighted by molar-refractivity contribution is 5.40. The third kappa shape index (κ3) is 4.96.